The monoisotopic (exact) mass is 312 g/mol. The highest BCUT2D eigenvalue weighted by Crippen LogP contribution is 2.30. The average Bonchev–Trinajstić information content (AvgIpc) is 3.35. The predicted molar refractivity (Wildman–Crippen MR) is 86.9 cm³/mol. The van der Waals surface area contributed by atoms with E-state index in [0.717, 1.165) is 12.8 Å². The van der Waals surface area contributed by atoms with E-state index in [2.05, 4.69) is 10.6 Å². The van der Waals surface area contributed by atoms with Crippen LogP contribution >= 0.6 is 0 Å². The Bertz CT molecular complexity index is 769. The van der Waals surface area contributed by atoms with Crippen LogP contribution in [-0.2, 0) is 4.79 Å². The smallest absolute Gasteiger partial charge is 0.255 e. The fourth-order valence-corrected chi connectivity index (χ4v) is 2.29. The van der Waals surface area contributed by atoms with E-state index in [4.69, 9.17) is 0 Å². The molecule has 0 heterocycles. The summed E-state index contributed by atoms with van der Waals surface area (Å²) in [7, 11) is 0. The highest BCUT2D eigenvalue weighted by atomic mass is 19.1. The van der Waals surface area contributed by atoms with Crippen molar-refractivity contribution in [3.05, 3.63) is 59.4 Å². The maximum Gasteiger partial charge on any atom is 0.255 e. The van der Waals surface area contributed by atoms with Crippen LogP contribution in [0, 0.1) is 18.7 Å². The van der Waals surface area contributed by atoms with Crippen molar-refractivity contribution >= 4 is 23.2 Å². The van der Waals surface area contributed by atoms with E-state index in [1.54, 1.807) is 31.2 Å². The minimum absolute atomic E-state index is 0.00284. The number of anilines is 2. The molecule has 4 nitrogen and oxygen atoms in total. The van der Waals surface area contributed by atoms with E-state index in [1.807, 2.05) is 0 Å². The largest absolute Gasteiger partial charge is 0.326 e. The van der Waals surface area contributed by atoms with Crippen molar-refractivity contribution in [2.75, 3.05) is 10.6 Å². The first-order valence-electron chi connectivity index (χ1n) is 7.51. The van der Waals surface area contributed by atoms with Crippen LogP contribution in [0.1, 0.15) is 28.8 Å². The first-order chi connectivity index (χ1) is 11.0. The number of aryl methyl sites for hydroxylation is 1. The van der Waals surface area contributed by atoms with E-state index in [-0.39, 0.29) is 23.5 Å². The van der Waals surface area contributed by atoms with Crippen molar-refractivity contribution < 1.29 is 14.0 Å². The maximum atomic E-state index is 13.1. The molecule has 0 unspecified atom stereocenters. The van der Waals surface area contributed by atoms with Crippen LogP contribution in [0.3, 0.4) is 0 Å². The number of hydrogen-bond donors (Lipinski definition) is 2. The van der Waals surface area contributed by atoms with E-state index >= 15 is 0 Å². The number of rotatable bonds is 4. The van der Waals surface area contributed by atoms with Crippen molar-refractivity contribution in [3.8, 4) is 0 Å². The minimum atomic E-state index is -0.342. The Labute approximate surface area is 133 Å². The Kier molecular flexibility index (Phi) is 4.10. The topological polar surface area (TPSA) is 58.2 Å². The van der Waals surface area contributed by atoms with Crippen LogP contribution < -0.4 is 10.6 Å². The summed E-state index contributed by atoms with van der Waals surface area (Å²) in [6.07, 6.45) is 1.85. The highest BCUT2D eigenvalue weighted by Gasteiger charge is 2.29. The molecular weight excluding hydrogens is 295 g/mol. The molecule has 3 rings (SSSR count). The Balaban J connectivity index is 1.72. The SMILES string of the molecule is Cc1cc(F)ccc1NC(=O)c1cccc(NC(=O)C2CC2)c1. The molecule has 118 valence electrons. The van der Waals surface area contributed by atoms with Crippen molar-refractivity contribution in [2.45, 2.75) is 19.8 Å². The molecule has 0 saturated heterocycles. The molecular formula is C18H17FN2O2. The lowest BCUT2D eigenvalue weighted by atomic mass is 10.1. The van der Waals surface area contributed by atoms with Gasteiger partial charge in [0.2, 0.25) is 5.91 Å². The summed E-state index contributed by atoms with van der Waals surface area (Å²) in [4.78, 5) is 24.1. The van der Waals surface area contributed by atoms with Crippen LogP contribution in [0.2, 0.25) is 0 Å². The van der Waals surface area contributed by atoms with Gasteiger partial charge in [-0.15, -0.1) is 0 Å². The fourth-order valence-electron chi connectivity index (χ4n) is 2.29. The Hall–Kier alpha value is -2.69. The second-order valence-corrected chi connectivity index (χ2v) is 5.76. The number of carbonyl (C=O) groups excluding carboxylic acids is 2. The zero-order valence-corrected chi connectivity index (χ0v) is 12.7. The Morgan fingerprint density at radius 1 is 1.09 bits per heavy atom. The molecule has 0 bridgehead atoms. The molecule has 23 heavy (non-hydrogen) atoms. The van der Waals surface area contributed by atoms with Crippen molar-refractivity contribution in [1.29, 1.82) is 0 Å². The summed E-state index contributed by atoms with van der Waals surface area (Å²) in [5.74, 6) is -0.543. The third kappa shape index (κ3) is 3.74. The van der Waals surface area contributed by atoms with E-state index < -0.39 is 0 Å². The molecule has 0 aliphatic heterocycles. The molecule has 1 saturated carbocycles. The van der Waals surface area contributed by atoms with Crippen LogP contribution in [0.4, 0.5) is 15.8 Å². The third-order valence-electron chi connectivity index (χ3n) is 3.78. The normalized spacial score (nSPS) is 13.5. The fraction of sp³-hybridized carbons (Fsp3) is 0.222. The zero-order chi connectivity index (χ0) is 16.4. The summed E-state index contributed by atoms with van der Waals surface area (Å²) in [5.41, 5.74) is 2.24. The molecule has 2 aromatic rings. The molecule has 0 atom stereocenters. The molecule has 2 N–H and O–H groups in total. The summed E-state index contributed by atoms with van der Waals surface area (Å²) in [6, 6.07) is 11.0. The average molecular weight is 312 g/mol. The number of halogens is 1. The van der Waals surface area contributed by atoms with Gasteiger partial charge >= 0.3 is 0 Å². The van der Waals surface area contributed by atoms with Crippen LogP contribution in [0.25, 0.3) is 0 Å². The van der Waals surface area contributed by atoms with E-state index in [1.165, 1.54) is 18.2 Å². The van der Waals surface area contributed by atoms with Crippen molar-refractivity contribution in [3.63, 3.8) is 0 Å². The van der Waals surface area contributed by atoms with Gasteiger partial charge in [-0.05, 0) is 61.7 Å². The quantitative estimate of drug-likeness (QED) is 0.903. The van der Waals surface area contributed by atoms with Crippen LogP contribution in [0.5, 0.6) is 0 Å². The standard InChI is InChI=1S/C18H17FN2O2/c1-11-9-14(19)7-8-16(11)21-18(23)13-3-2-4-15(10-13)20-17(22)12-5-6-12/h2-4,7-10,12H,5-6H2,1H3,(H,20,22)(H,21,23). The summed E-state index contributed by atoms with van der Waals surface area (Å²) in [5, 5.41) is 5.56. The molecule has 2 amide bonds. The lowest BCUT2D eigenvalue weighted by Gasteiger charge is -2.10. The Morgan fingerprint density at radius 3 is 2.57 bits per heavy atom. The molecule has 1 aliphatic carbocycles. The van der Waals surface area contributed by atoms with Crippen molar-refractivity contribution in [1.82, 2.24) is 0 Å². The predicted octanol–water partition coefficient (Wildman–Crippen LogP) is 3.73. The number of hydrogen-bond acceptors (Lipinski definition) is 2. The van der Waals surface area contributed by atoms with Crippen LogP contribution in [-0.4, -0.2) is 11.8 Å². The van der Waals surface area contributed by atoms with E-state index in [0.29, 0.717) is 22.5 Å². The first-order valence-corrected chi connectivity index (χ1v) is 7.51. The van der Waals surface area contributed by atoms with Gasteiger partial charge < -0.3 is 10.6 Å². The second-order valence-electron chi connectivity index (χ2n) is 5.76. The van der Waals surface area contributed by atoms with Crippen LogP contribution in [0.15, 0.2) is 42.5 Å². The number of nitrogens with one attached hydrogen (secondary N) is 2. The number of benzene rings is 2. The summed E-state index contributed by atoms with van der Waals surface area (Å²) >= 11 is 0. The maximum absolute atomic E-state index is 13.1. The molecule has 1 fully saturated rings. The van der Waals surface area contributed by atoms with Gasteiger partial charge in [0.25, 0.3) is 5.91 Å². The van der Waals surface area contributed by atoms with Gasteiger partial charge in [-0.3, -0.25) is 9.59 Å². The van der Waals surface area contributed by atoms with Gasteiger partial charge in [-0.1, -0.05) is 6.07 Å². The Morgan fingerprint density at radius 2 is 1.87 bits per heavy atom. The van der Waals surface area contributed by atoms with Gasteiger partial charge in [0.05, 0.1) is 0 Å². The summed E-state index contributed by atoms with van der Waals surface area (Å²) in [6.45, 7) is 1.73. The highest BCUT2D eigenvalue weighted by molar-refractivity contribution is 6.05. The lowest BCUT2D eigenvalue weighted by Crippen LogP contribution is -2.15. The molecule has 0 radical (unpaired) electrons. The molecule has 2 aromatic carbocycles. The second kappa shape index (κ2) is 6.20. The lowest BCUT2D eigenvalue weighted by molar-refractivity contribution is -0.117. The molecule has 5 heteroatoms. The zero-order valence-electron chi connectivity index (χ0n) is 12.7. The van der Waals surface area contributed by atoms with Gasteiger partial charge in [0, 0.05) is 22.9 Å². The molecule has 0 aromatic heterocycles. The minimum Gasteiger partial charge on any atom is -0.326 e. The first kappa shape index (κ1) is 15.2. The molecule has 0 spiro atoms. The van der Waals surface area contributed by atoms with Gasteiger partial charge in [0.1, 0.15) is 5.82 Å². The van der Waals surface area contributed by atoms with Gasteiger partial charge in [0.15, 0.2) is 0 Å². The summed E-state index contributed by atoms with van der Waals surface area (Å²) < 4.78 is 13.1. The number of carbonyl (C=O) groups is 2. The third-order valence-corrected chi connectivity index (χ3v) is 3.78. The van der Waals surface area contributed by atoms with E-state index in [9.17, 15) is 14.0 Å². The van der Waals surface area contributed by atoms with Gasteiger partial charge in [-0.2, -0.15) is 0 Å². The molecule has 1 aliphatic rings. The number of amides is 2. The van der Waals surface area contributed by atoms with Gasteiger partial charge in [-0.25, -0.2) is 4.39 Å². The van der Waals surface area contributed by atoms with Crippen molar-refractivity contribution in [2.24, 2.45) is 5.92 Å².